The highest BCUT2D eigenvalue weighted by Crippen LogP contribution is 2.08. The van der Waals surface area contributed by atoms with Gasteiger partial charge < -0.3 is 4.90 Å². The van der Waals surface area contributed by atoms with Crippen molar-refractivity contribution in [1.82, 2.24) is 4.90 Å². The Bertz CT molecular complexity index is 209. The molecule has 1 aliphatic heterocycles. The first-order chi connectivity index (χ1) is 5.61. The van der Waals surface area contributed by atoms with Gasteiger partial charge in [-0.25, -0.2) is 0 Å². The lowest BCUT2D eigenvalue weighted by Crippen LogP contribution is -2.30. The van der Waals surface area contributed by atoms with E-state index in [0.29, 0.717) is 6.54 Å². The van der Waals surface area contributed by atoms with E-state index in [1.807, 2.05) is 6.92 Å². The van der Waals surface area contributed by atoms with Crippen LogP contribution in [0.5, 0.6) is 0 Å². The number of ketones is 1. The van der Waals surface area contributed by atoms with E-state index in [2.05, 4.69) is 0 Å². The van der Waals surface area contributed by atoms with Crippen molar-refractivity contribution in [2.75, 3.05) is 13.6 Å². The highest BCUT2D eigenvalue weighted by Gasteiger charge is 2.16. The van der Waals surface area contributed by atoms with Crippen LogP contribution in [0.25, 0.3) is 0 Å². The Morgan fingerprint density at radius 3 is 2.75 bits per heavy atom. The molecule has 1 rings (SSSR count). The third kappa shape index (κ3) is 1.94. The summed E-state index contributed by atoms with van der Waals surface area (Å²) in [6.07, 6.45) is 3.48. The molecule has 0 aromatic heterocycles. The first kappa shape index (κ1) is 8.97. The van der Waals surface area contributed by atoms with Crippen LogP contribution in [0.1, 0.15) is 13.3 Å². The summed E-state index contributed by atoms with van der Waals surface area (Å²) in [7, 11) is 1.75. The number of carbonyl (C=O) groups is 2. The summed E-state index contributed by atoms with van der Waals surface area (Å²) in [5.74, 6) is 0.00324. The standard InChI is InChI=1S/C9H13NO2/c1-7-5-6-10(2)9(12)4-3-8(7)11/h3-4,7H,5-6H2,1-2H3. The monoisotopic (exact) mass is 167 g/mol. The molecule has 0 aromatic rings. The van der Waals surface area contributed by atoms with Crippen molar-refractivity contribution in [3.63, 3.8) is 0 Å². The minimum absolute atomic E-state index is 0.0387. The summed E-state index contributed by atoms with van der Waals surface area (Å²) >= 11 is 0. The molecule has 0 aromatic carbocycles. The molecule has 1 atom stereocenters. The van der Waals surface area contributed by atoms with Gasteiger partial charge in [0.25, 0.3) is 0 Å². The highest BCUT2D eigenvalue weighted by molar-refractivity contribution is 5.99. The van der Waals surface area contributed by atoms with Crippen molar-refractivity contribution in [2.45, 2.75) is 13.3 Å². The van der Waals surface area contributed by atoms with E-state index in [0.717, 1.165) is 6.42 Å². The van der Waals surface area contributed by atoms with Crippen molar-refractivity contribution < 1.29 is 9.59 Å². The zero-order valence-corrected chi connectivity index (χ0v) is 7.41. The second-order valence-corrected chi connectivity index (χ2v) is 3.19. The van der Waals surface area contributed by atoms with E-state index in [-0.39, 0.29) is 17.6 Å². The lowest BCUT2D eigenvalue weighted by atomic mass is 10.0. The molecule has 0 saturated heterocycles. The largest absolute Gasteiger partial charge is 0.342 e. The van der Waals surface area contributed by atoms with Gasteiger partial charge in [-0.3, -0.25) is 9.59 Å². The number of hydrogen-bond acceptors (Lipinski definition) is 2. The van der Waals surface area contributed by atoms with Gasteiger partial charge in [-0.05, 0) is 12.5 Å². The molecule has 3 nitrogen and oxygen atoms in total. The average Bonchev–Trinajstić information content (AvgIpc) is 2.07. The molecule has 1 aliphatic rings. The smallest absolute Gasteiger partial charge is 0.246 e. The summed E-state index contributed by atoms with van der Waals surface area (Å²) < 4.78 is 0. The number of allylic oxidation sites excluding steroid dienone is 1. The van der Waals surface area contributed by atoms with E-state index < -0.39 is 0 Å². The quantitative estimate of drug-likeness (QED) is 0.530. The maximum atomic E-state index is 11.2. The molecule has 0 bridgehead atoms. The Hall–Kier alpha value is -1.12. The number of nitrogens with zero attached hydrogens (tertiary/aromatic N) is 1. The van der Waals surface area contributed by atoms with Crippen LogP contribution in [0.3, 0.4) is 0 Å². The minimum Gasteiger partial charge on any atom is -0.342 e. The van der Waals surface area contributed by atoms with Crippen LogP contribution in [0, 0.1) is 5.92 Å². The van der Waals surface area contributed by atoms with Gasteiger partial charge in [-0.2, -0.15) is 0 Å². The van der Waals surface area contributed by atoms with E-state index >= 15 is 0 Å². The van der Waals surface area contributed by atoms with Crippen LogP contribution < -0.4 is 0 Å². The zero-order chi connectivity index (χ0) is 9.14. The summed E-state index contributed by atoms with van der Waals surface area (Å²) in [6.45, 7) is 2.55. The number of amides is 1. The van der Waals surface area contributed by atoms with Crippen molar-refractivity contribution in [3.8, 4) is 0 Å². The van der Waals surface area contributed by atoms with Crippen LogP contribution in [0.2, 0.25) is 0 Å². The number of hydrogen-bond donors (Lipinski definition) is 0. The van der Waals surface area contributed by atoms with Crippen LogP contribution in [0.4, 0.5) is 0 Å². The van der Waals surface area contributed by atoms with Crippen molar-refractivity contribution >= 4 is 11.7 Å². The molecule has 66 valence electrons. The fraction of sp³-hybridized carbons (Fsp3) is 0.556. The third-order valence-corrected chi connectivity index (χ3v) is 2.15. The molecule has 0 radical (unpaired) electrons. The molecule has 1 heterocycles. The predicted molar refractivity (Wildman–Crippen MR) is 45.6 cm³/mol. The molecule has 12 heavy (non-hydrogen) atoms. The van der Waals surface area contributed by atoms with E-state index in [4.69, 9.17) is 0 Å². The Labute approximate surface area is 72.0 Å². The summed E-state index contributed by atoms with van der Waals surface area (Å²) in [4.78, 5) is 23.9. The summed E-state index contributed by atoms with van der Waals surface area (Å²) in [5, 5.41) is 0. The molecule has 0 spiro atoms. The van der Waals surface area contributed by atoms with Gasteiger partial charge in [0.1, 0.15) is 0 Å². The Morgan fingerprint density at radius 1 is 1.42 bits per heavy atom. The first-order valence-electron chi connectivity index (χ1n) is 4.08. The molecule has 0 fully saturated rings. The highest BCUT2D eigenvalue weighted by atomic mass is 16.2. The van der Waals surface area contributed by atoms with Gasteiger partial charge in [-0.15, -0.1) is 0 Å². The molecular weight excluding hydrogens is 154 g/mol. The van der Waals surface area contributed by atoms with Gasteiger partial charge in [0, 0.05) is 25.6 Å². The lowest BCUT2D eigenvalue weighted by Gasteiger charge is -2.19. The number of rotatable bonds is 0. The van der Waals surface area contributed by atoms with Crippen LogP contribution >= 0.6 is 0 Å². The third-order valence-electron chi connectivity index (χ3n) is 2.15. The Balaban J connectivity index is 2.76. The molecule has 0 N–H and O–H groups in total. The zero-order valence-electron chi connectivity index (χ0n) is 7.41. The molecule has 3 heteroatoms. The van der Waals surface area contributed by atoms with Gasteiger partial charge in [0.05, 0.1) is 0 Å². The molecule has 0 saturated carbocycles. The fourth-order valence-electron chi connectivity index (χ4n) is 1.08. The van der Waals surface area contributed by atoms with Gasteiger partial charge in [-0.1, -0.05) is 6.92 Å². The normalized spacial score (nSPS) is 25.5. The lowest BCUT2D eigenvalue weighted by molar-refractivity contribution is -0.127. The van der Waals surface area contributed by atoms with E-state index in [1.54, 1.807) is 11.9 Å². The van der Waals surface area contributed by atoms with Gasteiger partial charge in [0.15, 0.2) is 5.78 Å². The number of likely N-dealkylation sites (N-methyl/N-ethyl adjacent to an activating group) is 1. The molecular formula is C9H13NO2. The van der Waals surface area contributed by atoms with Crippen LogP contribution in [0.15, 0.2) is 12.2 Å². The Morgan fingerprint density at radius 2 is 2.08 bits per heavy atom. The molecule has 1 unspecified atom stereocenters. The fourth-order valence-corrected chi connectivity index (χ4v) is 1.08. The van der Waals surface area contributed by atoms with Crippen molar-refractivity contribution in [2.24, 2.45) is 5.92 Å². The average molecular weight is 167 g/mol. The van der Waals surface area contributed by atoms with Gasteiger partial charge >= 0.3 is 0 Å². The van der Waals surface area contributed by atoms with Crippen LogP contribution in [-0.4, -0.2) is 30.2 Å². The van der Waals surface area contributed by atoms with Crippen LogP contribution in [-0.2, 0) is 9.59 Å². The number of carbonyl (C=O) groups excluding carboxylic acids is 2. The Kier molecular flexibility index (Phi) is 2.63. The van der Waals surface area contributed by atoms with E-state index in [1.165, 1.54) is 12.2 Å². The van der Waals surface area contributed by atoms with Crippen molar-refractivity contribution in [1.29, 1.82) is 0 Å². The van der Waals surface area contributed by atoms with Crippen molar-refractivity contribution in [3.05, 3.63) is 12.2 Å². The SMILES string of the molecule is CC1CCN(C)C(=O)C=CC1=O. The second-order valence-electron chi connectivity index (χ2n) is 3.19. The van der Waals surface area contributed by atoms with E-state index in [9.17, 15) is 9.59 Å². The topological polar surface area (TPSA) is 37.4 Å². The predicted octanol–water partition coefficient (Wildman–Crippen LogP) is 0.610. The van der Waals surface area contributed by atoms with Gasteiger partial charge in [0.2, 0.25) is 5.91 Å². The summed E-state index contributed by atoms with van der Waals surface area (Å²) in [5.41, 5.74) is 0. The second kappa shape index (κ2) is 3.52. The molecule has 0 aliphatic carbocycles. The maximum Gasteiger partial charge on any atom is 0.246 e. The maximum absolute atomic E-state index is 11.2. The molecule has 1 amide bonds. The first-order valence-corrected chi connectivity index (χ1v) is 4.08. The summed E-state index contributed by atoms with van der Waals surface area (Å²) in [6, 6.07) is 0. The minimum atomic E-state index is -0.0877.